The van der Waals surface area contributed by atoms with Gasteiger partial charge in [-0.3, -0.25) is 20.3 Å². The highest BCUT2D eigenvalue weighted by Gasteiger charge is 2.10. The number of ketones is 1. The summed E-state index contributed by atoms with van der Waals surface area (Å²) in [5.74, 6) is -1.31. The van der Waals surface area contributed by atoms with Gasteiger partial charge in [-0.25, -0.2) is 0 Å². The molecule has 0 radical (unpaired) electrons. The lowest BCUT2D eigenvalue weighted by Crippen LogP contribution is -2.43. The van der Waals surface area contributed by atoms with Gasteiger partial charge in [0.15, 0.2) is 5.96 Å². The fraction of sp³-hybridized carbons (Fsp3) is 0.824. The fourth-order valence-electron chi connectivity index (χ4n) is 2.16. The van der Waals surface area contributed by atoms with Crippen LogP contribution in [0.15, 0.2) is 0 Å². The van der Waals surface area contributed by atoms with Crippen LogP contribution in [0.1, 0.15) is 82.2 Å². The Morgan fingerprint density at radius 2 is 1.59 bits per heavy atom. The molecule has 0 aromatic carbocycles. The van der Waals surface area contributed by atoms with Crippen LogP contribution in [-0.4, -0.2) is 36.1 Å². The lowest BCUT2D eigenvalue weighted by Gasteiger charge is -2.18. The maximum absolute atomic E-state index is 11.8. The standard InChI is InChI=1S/C17H33N3O2/c1-4-5-6-7-8-9-10-11-12-13-16(22)19-17(18)20(3)14-15(2)21/h4-14H2,1-3H3,(H2,18,19,22)/i3D3. The molecule has 0 unspecified atom stereocenters. The summed E-state index contributed by atoms with van der Waals surface area (Å²) in [5, 5.41) is 10.0. The molecule has 0 rings (SSSR count). The third-order valence-corrected chi connectivity index (χ3v) is 3.42. The van der Waals surface area contributed by atoms with E-state index in [1.807, 2.05) is 0 Å². The highest BCUT2D eigenvalue weighted by atomic mass is 16.2. The van der Waals surface area contributed by atoms with Crippen LogP contribution >= 0.6 is 0 Å². The van der Waals surface area contributed by atoms with Gasteiger partial charge in [0.05, 0.1) is 6.54 Å². The Morgan fingerprint density at radius 1 is 1.05 bits per heavy atom. The molecule has 1 amide bonds. The number of carbonyl (C=O) groups is 2. The monoisotopic (exact) mass is 314 g/mol. The van der Waals surface area contributed by atoms with Gasteiger partial charge >= 0.3 is 0 Å². The number of amides is 1. The molecule has 0 aromatic rings. The molecule has 0 atom stereocenters. The predicted octanol–water partition coefficient (Wildman–Crippen LogP) is 3.48. The first-order valence-electron chi connectivity index (χ1n) is 9.84. The second kappa shape index (κ2) is 13.3. The van der Waals surface area contributed by atoms with Gasteiger partial charge in [0, 0.05) is 17.5 Å². The van der Waals surface area contributed by atoms with E-state index >= 15 is 0 Å². The van der Waals surface area contributed by atoms with Crippen molar-refractivity contribution in [2.45, 2.75) is 78.1 Å². The van der Waals surface area contributed by atoms with Crippen molar-refractivity contribution in [3.05, 3.63) is 0 Å². The Balaban J connectivity index is 3.96. The van der Waals surface area contributed by atoms with Crippen LogP contribution in [-0.2, 0) is 9.59 Å². The molecule has 0 spiro atoms. The van der Waals surface area contributed by atoms with E-state index < -0.39 is 19.5 Å². The molecule has 22 heavy (non-hydrogen) atoms. The second-order valence-corrected chi connectivity index (χ2v) is 5.76. The van der Waals surface area contributed by atoms with Crippen LogP contribution in [0.5, 0.6) is 0 Å². The molecule has 2 N–H and O–H groups in total. The van der Waals surface area contributed by atoms with Crippen molar-refractivity contribution < 1.29 is 13.7 Å². The number of likely N-dealkylation sites (N-methyl/N-ethyl adjacent to an activating group) is 1. The summed E-state index contributed by atoms with van der Waals surface area (Å²) in [7, 11) is 0. The van der Waals surface area contributed by atoms with Gasteiger partial charge in [-0.15, -0.1) is 0 Å². The molecular weight excluding hydrogens is 278 g/mol. The highest BCUT2D eigenvalue weighted by Crippen LogP contribution is 2.10. The van der Waals surface area contributed by atoms with Gasteiger partial charge in [-0.05, 0) is 13.3 Å². The predicted molar refractivity (Wildman–Crippen MR) is 91.0 cm³/mol. The Bertz CT molecular complexity index is 426. The van der Waals surface area contributed by atoms with Crippen molar-refractivity contribution in [3.8, 4) is 0 Å². The van der Waals surface area contributed by atoms with Crippen LogP contribution < -0.4 is 5.32 Å². The number of Topliss-reactive ketones (excluding diaryl/α,β-unsaturated/α-hetero) is 1. The number of nitrogens with zero attached hydrogens (tertiary/aromatic N) is 1. The molecule has 0 saturated heterocycles. The molecule has 0 saturated carbocycles. The Kier molecular flexibility index (Phi) is 9.36. The SMILES string of the molecule is [2H]C([2H])([2H])N(CC(C)=O)C(=N)NC(=O)CCCCCCCCCCC. The number of nitrogens with one attached hydrogen (secondary N) is 2. The summed E-state index contributed by atoms with van der Waals surface area (Å²) >= 11 is 0. The Hall–Kier alpha value is -1.39. The van der Waals surface area contributed by atoms with Gasteiger partial charge in [-0.2, -0.15) is 0 Å². The zero-order chi connectivity index (χ0) is 19.3. The number of guanidine groups is 1. The smallest absolute Gasteiger partial charge is 0.226 e. The van der Waals surface area contributed by atoms with Crippen molar-refractivity contribution in [3.63, 3.8) is 0 Å². The van der Waals surface area contributed by atoms with Crippen LogP contribution in [0.3, 0.4) is 0 Å². The first-order chi connectivity index (χ1) is 11.7. The van der Waals surface area contributed by atoms with Crippen LogP contribution in [0.2, 0.25) is 0 Å². The quantitative estimate of drug-likeness (QED) is 0.329. The van der Waals surface area contributed by atoms with E-state index in [1.54, 1.807) is 0 Å². The number of hydrogen-bond acceptors (Lipinski definition) is 3. The summed E-state index contributed by atoms with van der Waals surface area (Å²) in [4.78, 5) is 23.6. The van der Waals surface area contributed by atoms with E-state index in [-0.39, 0.29) is 18.1 Å². The van der Waals surface area contributed by atoms with Crippen LogP contribution in [0, 0.1) is 5.41 Å². The molecule has 0 aliphatic rings. The summed E-state index contributed by atoms with van der Waals surface area (Å²) in [6.07, 6.45) is 10.5. The van der Waals surface area contributed by atoms with Gasteiger partial charge in [0.1, 0.15) is 5.78 Å². The average Bonchev–Trinajstić information content (AvgIpc) is 2.49. The van der Waals surface area contributed by atoms with Gasteiger partial charge in [0.25, 0.3) is 0 Å². The Labute approximate surface area is 139 Å². The lowest BCUT2D eigenvalue weighted by molar-refractivity contribution is -0.120. The first-order valence-corrected chi connectivity index (χ1v) is 8.34. The topological polar surface area (TPSA) is 73.3 Å². The minimum Gasteiger partial charge on any atom is -0.339 e. The average molecular weight is 314 g/mol. The normalized spacial score (nSPS) is 12.9. The third kappa shape index (κ3) is 12.4. The van der Waals surface area contributed by atoms with E-state index in [9.17, 15) is 9.59 Å². The van der Waals surface area contributed by atoms with Crippen LogP contribution in [0.4, 0.5) is 0 Å². The molecule has 5 heteroatoms. The maximum Gasteiger partial charge on any atom is 0.226 e. The van der Waals surface area contributed by atoms with Gasteiger partial charge in [0.2, 0.25) is 5.91 Å². The summed E-state index contributed by atoms with van der Waals surface area (Å²) in [6, 6.07) is 0. The van der Waals surface area contributed by atoms with E-state index in [0.717, 1.165) is 12.8 Å². The molecule has 0 aliphatic carbocycles. The van der Waals surface area contributed by atoms with E-state index in [0.29, 0.717) is 11.3 Å². The van der Waals surface area contributed by atoms with E-state index in [1.165, 1.54) is 45.4 Å². The molecule has 0 aromatic heterocycles. The van der Waals surface area contributed by atoms with Gasteiger partial charge < -0.3 is 4.90 Å². The van der Waals surface area contributed by atoms with Crippen molar-refractivity contribution >= 4 is 17.6 Å². The van der Waals surface area contributed by atoms with Gasteiger partial charge in [-0.1, -0.05) is 58.3 Å². The molecule has 0 aliphatic heterocycles. The number of unbranched alkanes of at least 4 members (excludes halogenated alkanes) is 8. The Morgan fingerprint density at radius 3 is 2.09 bits per heavy atom. The minimum absolute atomic E-state index is 0.257. The highest BCUT2D eigenvalue weighted by molar-refractivity contribution is 5.96. The molecular formula is C17H33N3O2. The molecule has 0 fully saturated rings. The zero-order valence-corrected chi connectivity index (χ0v) is 14.0. The molecule has 128 valence electrons. The third-order valence-electron chi connectivity index (χ3n) is 3.42. The molecule has 0 bridgehead atoms. The maximum atomic E-state index is 11.8. The summed E-state index contributed by atoms with van der Waals surface area (Å²) in [5.41, 5.74) is 0. The summed E-state index contributed by atoms with van der Waals surface area (Å²) in [6.45, 7) is 0.389. The van der Waals surface area contributed by atoms with Crippen molar-refractivity contribution in [1.29, 1.82) is 5.41 Å². The zero-order valence-electron chi connectivity index (χ0n) is 17.0. The number of rotatable bonds is 12. The molecule has 0 heterocycles. The number of hydrogen-bond donors (Lipinski definition) is 2. The van der Waals surface area contributed by atoms with E-state index in [2.05, 4.69) is 12.2 Å². The van der Waals surface area contributed by atoms with Crippen molar-refractivity contribution in [2.75, 3.05) is 13.5 Å². The fourth-order valence-corrected chi connectivity index (χ4v) is 2.16. The first kappa shape index (κ1) is 15.5. The van der Waals surface area contributed by atoms with Crippen molar-refractivity contribution in [2.24, 2.45) is 0 Å². The number of carbonyl (C=O) groups excluding carboxylic acids is 2. The minimum atomic E-state index is -2.63. The summed E-state index contributed by atoms with van der Waals surface area (Å²) < 4.78 is 22.0. The van der Waals surface area contributed by atoms with Crippen LogP contribution in [0.25, 0.3) is 0 Å². The van der Waals surface area contributed by atoms with Crippen molar-refractivity contribution in [1.82, 2.24) is 10.2 Å². The molecule has 5 nitrogen and oxygen atoms in total. The second-order valence-electron chi connectivity index (χ2n) is 5.76. The van der Waals surface area contributed by atoms with E-state index in [4.69, 9.17) is 9.52 Å². The lowest BCUT2D eigenvalue weighted by atomic mass is 10.1. The largest absolute Gasteiger partial charge is 0.339 e.